The summed E-state index contributed by atoms with van der Waals surface area (Å²) in [6, 6.07) is 0. The average molecular weight is 309 g/mol. The molecule has 1 heterocycles. The zero-order chi connectivity index (χ0) is 16.4. The first-order valence-corrected chi connectivity index (χ1v) is 7.67. The monoisotopic (exact) mass is 309 g/mol. The molecule has 1 rings (SSSR count). The summed E-state index contributed by atoms with van der Waals surface area (Å²) in [6.45, 7) is 8.51. The van der Waals surface area contributed by atoms with E-state index in [9.17, 15) is 4.79 Å². The molecule has 0 aliphatic carbocycles. The van der Waals surface area contributed by atoms with Crippen molar-refractivity contribution in [3.8, 4) is 0 Å². The number of carbonyl (C=O) groups is 1. The molecule has 8 nitrogen and oxygen atoms in total. The van der Waals surface area contributed by atoms with Gasteiger partial charge in [0.05, 0.1) is 0 Å². The summed E-state index contributed by atoms with van der Waals surface area (Å²) in [6.07, 6.45) is 2.60. The van der Waals surface area contributed by atoms with Gasteiger partial charge < -0.3 is 20.5 Å². The number of nitrogens with one attached hydrogen (secondary N) is 3. The molecule has 0 unspecified atom stereocenters. The van der Waals surface area contributed by atoms with Gasteiger partial charge in [-0.3, -0.25) is 9.79 Å². The fourth-order valence-corrected chi connectivity index (χ4v) is 1.83. The molecule has 0 bridgehead atoms. The maximum absolute atomic E-state index is 11.4. The lowest BCUT2D eigenvalue weighted by Gasteiger charge is -2.13. The van der Waals surface area contributed by atoms with Crippen LogP contribution in [0.4, 0.5) is 0 Å². The molecule has 3 N–H and O–H groups in total. The molecule has 124 valence electrons. The lowest BCUT2D eigenvalue weighted by molar-refractivity contribution is -0.123. The van der Waals surface area contributed by atoms with E-state index in [0.29, 0.717) is 19.0 Å². The lowest BCUT2D eigenvalue weighted by Crippen LogP contribution is -2.43. The summed E-state index contributed by atoms with van der Waals surface area (Å²) in [7, 11) is 1.72. The van der Waals surface area contributed by atoms with Gasteiger partial charge in [-0.05, 0) is 0 Å². The number of rotatable bonds is 8. The van der Waals surface area contributed by atoms with Crippen LogP contribution in [-0.2, 0) is 17.8 Å². The molecule has 0 radical (unpaired) electrons. The van der Waals surface area contributed by atoms with Crippen molar-refractivity contribution in [1.29, 1.82) is 0 Å². The third-order valence-electron chi connectivity index (χ3n) is 3.12. The number of aliphatic imine (C=N–C) groups is 1. The Balaban J connectivity index is 2.21. The number of guanidine groups is 1. The minimum atomic E-state index is 0.00832. The summed E-state index contributed by atoms with van der Waals surface area (Å²) < 4.78 is 2.02. The summed E-state index contributed by atoms with van der Waals surface area (Å²) >= 11 is 0. The van der Waals surface area contributed by atoms with E-state index in [1.807, 2.05) is 18.4 Å². The number of aryl methyl sites for hydroxylation is 1. The van der Waals surface area contributed by atoms with Crippen molar-refractivity contribution in [3.05, 3.63) is 12.2 Å². The van der Waals surface area contributed by atoms with E-state index in [1.165, 1.54) is 0 Å². The highest BCUT2D eigenvalue weighted by atomic mass is 16.1. The number of amides is 1. The van der Waals surface area contributed by atoms with Gasteiger partial charge in [-0.15, -0.1) is 10.2 Å². The van der Waals surface area contributed by atoms with Crippen LogP contribution in [0.15, 0.2) is 11.3 Å². The predicted molar refractivity (Wildman–Crippen MR) is 86.6 cm³/mol. The van der Waals surface area contributed by atoms with Gasteiger partial charge >= 0.3 is 0 Å². The highest BCUT2D eigenvalue weighted by Crippen LogP contribution is 1.94. The van der Waals surface area contributed by atoms with Gasteiger partial charge in [-0.1, -0.05) is 20.8 Å². The quantitative estimate of drug-likeness (QED) is 0.350. The number of hydrogen-bond acceptors (Lipinski definition) is 4. The minimum absolute atomic E-state index is 0.00832. The first kappa shape index (κ1) is 17.9. The Morgan fingerprint density at radius 1 is 1.27 bits per heavy atom. The molecule has 0 saturated carbocycles. The van der Waals surface area contributed by atoms with E-state index in [4.69, 9.17) is 0 Å². The van der Waals surface area contributed by atoms with Gasteiger partial charge in [0.25, 0.3) is 0 Å². The van der Waals surface area contributed by atoms with Crippen LogP contribution in [0.1, 0.15) is 26.6 Å². The van der Waals surface area contributed by atoms with Gasteiger partial charge in [0.15, 0.2) is 5.96 Å². The lowest BCUT2D eigenvalue weighted by atomic mass is 10.2. The topological polar surface area (TPSA) is 96.2 Å². The molecular weight excluding hydrogens is 282 g/mol. The van der Waals surface area contributed by atoms with Crippen LogP contribution >= 0.6 is 0 Å². The van der Waals surface area contributed by atoms with Crippen LogP contribution in [0.3, 0.4) is 0 Å². The van der Waals surface area contributed by atoms with Gasteiger partial charge in [0, 0.05) is 45.6 Å². The third-order valence-corrected chi connectivity index (χ3v) is 3.12. The average Bonchev–Trinajstić information content (AvgIpc) is 2.96. The normalized spacial score (nSPS) is 11.6. The molecule has 1 aromatic rings. The van der Waals surface area contributed by atoms with Crippen molar-refractivity contribution < 1.29 is 4.79 Å². The summed E-state index contributed by atoms with van der Waals surface area (Å²) in [5.74, 6) is 1.75. The maximum Gasteiger partial charge on any atom is 0.222 e. The van der Waals surface area contributed by atoms with Crippen molar-refractivity contribution >= 4 is 11.9 Å². The van der Waals surface area contributed by atoms with Crippen LogP contribution < -0.4 is 16.0 Å². The highest BCUT2D eigenvalue weighted by Gasteiger charge is 2.05. The van der Waals surface area contributed by atoms with Crippen LogP contribution in [-0.4, -0.2) is 53.3 Å². The van der Waals surface area contributed by atoms with E-state index < -0.39 is 0 Å². The zero-order valence-electron chi connectivity index (χ0n) is 13.9. The maximum atomic E-state index is 11.4. The second-order valence-corrected chi connectivity index (χ2v) is 5.17. The number of carbonyl (C=O) groups excluding carboxylic acids is 1. The Morgan fingerprint density at radius 3 is 2.59 bits per heavy atom. The Hall–Kier alpha value is -2.12. The van der Waals surface area contributed by atoms with Crippen molar-refractivity contribution in [2.45, 2.75) is 33.7 Å². The predicted octanol–water partition coefficient (Wildman–Crippen LogP) is -0.222. The molecule has 0 fully saturated rings. The number of hydrogen-bond donors (Lipinski definition) is 3. The standard InChI is InChI=1S/C14H27N7O/c1-5-12-20-19-10-21(12)9-8-18-14(15-4)17-7-6-16-13(22)11(2)3/h10-11H,5-9H2,1-4H3,(H,16,22)(H2,15,17,18). The van der Waals surface area contributed by atoms with Gasteiger partial charge in [0.2, 0.25) is 5.91 Å². The highest BCUT2D eigenvalue weighted by molar-refractivity contribution is 5.80. The van der Waals surface area contributed by atoms with Gasteiger partial charge in [-0.25, -0.2) is 0 Å². The fourth-order valence-electron chi connectivity index (χ4n) is 1.83. The van der Waals surface area contributed by atoms with Gasteiger partial charge in [-0.2, -0.15) is 0 Å². The molecule has 0 saturated heterocycles. The Bertz CT molecular complexity index is 481. The third kappa shape index (κ3) is 6.11. The zero-order valence-corrected chi connectivity index (χ0v) is 13.9. The van der Waals surface area contributed by atoms with Crippen LogP contribution in [0.2, 0.25) is 0 Å². The Kier molecular flexibility index (Phi) is 7.95. The van der Waals surface area contributed by atoms with Gasteiger partial charge in [0.1, 0.15) is 12.2 Å². The van der Waals surface area contributed by atoms with E-state index in [0.717, 1.165) is 25.3 Å². The molecule has 22 heavy (non-hydrogen) atoms. The molecular formula is C14H27N7O. The van der Waals surface area contributed by atoms with E-state index >= 15 is 0 Å². The van der Waals surface area contributed by atoms with E-state index in [1.54, 1.807) is 13.4 Å². The van der Waals surface area contributed by atoms with Crippen LogP contribution in [0.25, 0.3) is 0 Å². The van der Waals surface area contributed by atoms with Crippen molar-refractivity contribution in [2.24, 2.45) is 10.9 Å². The SMILES string of the molecule is CCc1nncn1CCNC(=NC)NCCNC(=O)C(C)C. The van der Waals surface area contributed by atoms with E-state index in [2.05, 4.69) is 38.1 Å². The smallest absolute Gasteiger partial charge is 0.222 e. The summed E-state index contributed by atoms with van der Waals surface area (Å²) in [5, 5.41) is 17.2. The number of nitrogens with zero attached hydrogens (tertiary/aromatic N) is 4. The van der Waals surface area contributed by atoms with Crippen molar-refractivity contribution in [3.63, 3.8) is 0 Å². The Morgan fingerprint density at radius 2 is 1.95 bits per heavy atom. The Labute approximate surface area is 131 Å². The number of aromatic nitrogens is 3. The van der Waals surface area contributed by atoms with E-state index in [-0.39, 0.29) is 11.8 Å². The molecule has 1 amide bonds. The molecule has 0 atom stereocenters. The molecule has 0 aliphatic heterocycles. The first-order chi connectivity index (χ1) is 10.6. The molecule has 1 aromatic heterocycles. The van der Waals surface area contributed by atoms with Crippen molar-refractivity contribution in [2.75, 3.05) is 26.7 Å². The molecule has 0 spiro atoms. The minimum Gasteiger partial charge on any atom is -0.355 e. The van der Waals surface area contributed by atoms with Crippen LogP contribution in [0, 0.1) is 5.92 Å². The second-order valence-electron chi connectivity index (χ2n) is 5.17. The van der Waals surface area contributed by atoms with Crippen LogP contribution in [0.5, 0.6) is 0 Å². The molecule has 0 aromatic carbocycles. The summed E-state index contributed by atoms with van der Waals surface area (Å²) in [4.78, 5) is 15.6. The largest absolute Gasteiger partial charge is 0.355 e. The fraction of sp³-hybridized carbons (Fsp3) is 0.714. The molecule has 0 aliphatic rings. The molecule has 8 heteroatoms. The second kappa shape index (κ2) is 9.75. The summed E-state index contributed by atoms with van der Waals surface area (Å²) in [5.41, 5.74) is 0. The van der Waals surface area contributed by atoms with Crippen molar-refractivity contribution in [1.82, 2.24) is 30.7 Å². The first-order valence-electron chi connectivity index (χ1n) is 7.67.